The summed E-state index contributed by atoms with van der Waals surface area (Å²) in [6.45, 7) is 0. The van der Waals surface area contributed by atoms with Gasteiger partial charge in [0, 0.05) is 7.05 Å². The number of phenols is 1. The third kappa shape index (κ3) is 0.995. The maximum absolute atomic E-state index is 13.3. The summed E-state index contributed by atoms with van der Waals surface area (Å²) < 4.78 is 39.5. The number of rotatable bonds is 0. The van der Waals surface area contributed by atoms with Crippen LogP contribution in [0.4, 0.5) is 13.2 Å². The molecule has 2 amide bonds. The highest BCUT2D eigenvalue weighted by atomic mass is 19.2. The maximum Gasteiger partial charge on any atom is 0.264 e. The zero-order valence-corrected chi connectivity index (χ0v) is 7.84. The molecule has 1 aromatic rings. The molecule has 0 unspecified atom stereocenters. The minimum atomic E-state index is -1.88. The fraction of sp³-hybridized carbons (Fsp3) is 0.111. The molecule has 4 nitrogen and oxygen atoms in total. The average molecular weight is 231 g/mol. The minimum absolute atomic E-state index is 0.440. The smallest absolute Gasteiger partial charge is 0.264 e. The molecule has 1 aliphatic rings. The molecule has 7 heteroatoms. The minimum Gasteiger partial charge on any atom is -0.503 e. The number of amides is 2. The van der Waals surface area contributed by atoms with Gasteiger partial charge in [0.1, 0.15) is 0 Å². The molecule has 84 valence electrons. The van der Waals surface area contributed by atoms with Crippen LogP contribution in [0.15, 0.2) is 0 Å². The molecule has 0 aromatic heterocycles. The van der Waals surface area contributed by atoms with Crippen LogP contribution in [0.2, 0.25) is 0 Å². The van der Waals surface area contributed by atoms with Crippen LogP contribution < -0.4 is 0 Å². The topological polar surface area (TPSA) is 57.6 Å². The van der Waals surface area contributed by atoms with E-state index in [0.717, 1.165) is 7.05 Å². The predicted octanol–water partition coefficient (Wildman–Crippen LogP) is 1.04. The van der Waals surface area contributed by atoms with Gasteiger partial charge >= 0.3 is 0 Å². The van der Waals surface area contributed by atoms with Crippen LogP contribution in [0.25, 0.3) is 0 Å². The van der Waals surface area contributed by atoms with E-state index in [1.165, 1.54) is 0 Å². The number of phenolic OH excluding ortho intramolecular Hbond substituents is 1. The molecule has 0 fully saturated rings. The lowest BCUT2D eigenvalue weighted by molar-refractivity contribution is 0.0690. The van der Waals surface area contributed by atoms with Crippen molar-refractivity contribution in [3.63, 3.8) is 0 Å². The van der Waals surface area contributed by atoms with Gasteiger partial charge in [-0.2, -0.15) is 4.39 Å². The zero-order chi connectivity index (χ0) is 12.2. The number of fused-ring (bicyclic) bond motifs is 1. The van der Waals surface area contributed by atoms with E-state index in [9.17, 15) is 22.8 Å². The fourth-order valence-corrected chi connectivity index (χ4v) is 1.48. The Labute approximate surface area is 86.9 Å². The van der Waals surface area contributed by atoms with E-state index in [2.05, 4.69) is 0 Å². The number of benzene rings is 1. The Morgan fingerprint density at radius 3 is 1.88 bits per heavy atom. The Morgan fingerprint density at radius 2 is 1.38 bits per heavy atom. The highest BCUT2D eigenvalue weighted by molar-refractivity contribution is 6.21. The molecule has 16 heavy (non-hydrogen) atoms. The number of carbonyl (C=O) groups is 2. The normalized spacial score (nSPS) is 14.6. The molecule has 0 saturated carbocycles. The second-order valence-corrected chi connectivity index (χ2v) is 3.21. The number of hydrogen-bond donors (Lipinski definition) is 1. The highest BCUT2D eigenvalue weighted by Gasteiger charge is 2.41. The second-order valence-electron chi connectivity index (χ2n) is 3.21. The van der Waals surface area contributed by atoms with Crippen LogP contribution in [0.1, 0.15) is 20.7 Å². The van der Waals surface area contributed by atoms with E-state index < -0.39 is 46.1 Å². The molecule has 1 aliphatic heterocycles. The summed E-state index contributed by atoms with van der Waals surface area (Å²) in [5.41, 5.74) is -1.93. The molecule has 1 aromatic carbocycles. The summed E-state index contributed by atoms with van der Waals surface area (Å²) in [5.74, 6) is -9.10. The first kappa shape index (κ1) is 10.5. The van der Waals surface area contributed by atoms with Crippen LogP contribution in [-0.4, -0.2) is 28.9 Å². The third-order valence-corrected chi connectivity index (χ3v) is 2.33. The van der Waals surface area contributed by atoms with Crippen LogP contribution in [-0.2, 0) is 0 Å². The summed E-state index contributed by atoms with van der Waals surface area (Å²) >= 11 is 0. The summed E-state index contributed by atoms with van der Waals surface area (Å²) in [7, 11) is 0.999. The average Bonchev–Trinajstić information content (AvgIpc) is 2.48. The summed E-state index contributed by atoms with van der Waals surface area (Å²) in [6.07, 6.45) is 0. The van der Waals surface area contributed by atoms with Gasteiger partial charge in [-0.3, -0.25) is 14.5 Å². The van der Waals surface area contributed by atoms with Gasteiger partial charge in [0.05, 0.1) is 11.1 Å². The molecular weight excluding hydrogens is 227 g/mol. The Balaban J connectivity index is 2.91. The lowest BCUT2D eigenvalue weighted by Crippen LogP contribution is -2.24. The Hall–Kier alpha value is -2.05. The quantitative estimate of drug-likeness (QED) is 0.536. The highest BCUT2D eigenvalue weighted by Crippen LogP contribution is 2.34. The van der Waals surface area contributed by atoms with Crippen molar-refractivity contribution < 1.29 is 27.9 Å². The van der Waals surface area contributed by atoms with Crippen molar-refractivity contribution >= 4 is 11.8 Å². The van der Waals surface area contributed by atoms with Crippen molar-refractivity contribution in [2.24, 2.45) is 0 Å². The lowest BCUT2D eigenvalue weighted by Gasteiger charge is -2.03. The summed E-state index contributed by atoms with van der Waals surface area (Å²) in [4.78, 5) is 23.0. The van der Waals surface area contributed by atoms with Crippen LogP contribution >= 0.6 is 0 Å². The largest absolute Gasteiger partial charge is 0.503 e. The molecule has 0 atom stereocenters. The number of nitrogens with zero attached hydrogens (tertiary/aromatic N) is 1. The first-order chi connectivity index (χ1) is 7.37. The van der Waals surface area contributed by atoms with E-state index in [4.69, 9.17) is 5.11 Å². The molecular formula is C9H4F3NO3. The number of halogens is 3. The van der Waals surface area contributed by atoms with Gasteiger partial charge in [-0.05, 0) is 0 Å². The van der Waals surface area contributed by atoms with Crippen LogP contribution in [0.5, 0.6) is 5.75 Å². The lowest BCUT2D eigenvalue weighted by atomic mass is 10.1. The molecule has 0 saturated heterocycles. The van der Waals surface area contributed by atoms with Crippen LogP contribution in [0, 0.1) is 17.5 Å². The van der Waals surface area contributed by atoms with Crippen molar-refractivity contribution in [1.82, 2.24) is 4.90 Å². The van der Waals surface area contributed by atoms with Gasteiger partial charge in [0.2, 0.25) is 5.82 Å². The first-order valence-corrected chi connectivity index (χ1v) is 4.09. The zero-order valence-electron chi connectivity index (χ0n) is 7.84. The van der Waals surface area contributed by atoms with E-state index >= 15 is 0 Å². The Bertz CT molecular complexity index is 495. The van der Waals surface area contributed by atoms with Crippen molar-refractivity contribution in [3.05, 3.63) is 28.6 Å². The Morgan fingerprint density at radius 1 is 0.938 bits per heavy atom. The second kappa shape index (κ2) is 2.97. The molecule has 0 bridgehead atoms. The SMILES string of the molecule is CN1C(=O)c2c(F)c(O)c(F)c(F)c2C1=O. The number of imide groups is 1. The molecule has 1 N–H and O–H groups in total. The molecule has 0 radical (unpaired) electrons. The molecule has 0 spiro atoms. The number of aromatic hydroxyl groups is 1. The van der Waals surface area contributed by atoms with Gasteiger partial charge < -0.3 is 5.11 Å². The van der Waals surface area contributed by atoms with E-state index in [1.54, 1.807) is 0 Å². The summed E-state index contributed by atoms with van der Waals surface area (Å²) in [5, 5.41) is 8.87. The van der Waals surface area contributed by atoms with E-state index in [1.807, 2.05) is 0 Å². The van der Waals surface area contributed by atoms with Gasteiger partial charge in [0.25, 0.3) is 11.8 Å². The van der Waals surface area contributed by atoms with Gasteiger partial charge in [-0.25, -0.2) is 8.78 Å². The fourth-order valence-electron chi connectivity index (χ4n) is 1.48. The Kier molecular flexibility index (Phi) is 1.94. The first-order valence-electron chi connectivity index (χ1n) is 4.09. The van der Waals surface area contributed by atoms with Crippen molar-refractivity contribution in [2.45, 2.75) is 0 Å². The summed E-state index contributed by atoms with van der Waals surface area (Å²) in [6, 6.07) is 0. The van der Waals surface area contributed by atoms with Gasteiger partial charge in [-0.1, -0.05) is 0 Å². The van der Waals surface area contributed by atoms with Crippen molar-refractivity contribution in [1.29, 1.82) is 0 Å². The third-order valence-electron chi connectivity index (χ3n) is 2.33. The molecule has 1 heterocycles. The predicted molar refractivity (Wildman–Crippen MR) is 44.4 cm³/mol. The molecule has 0 aliphatic carbocycles. The van der Waals surface area contributed by atoms with Gasteiger partial charge in [-0.15, -0.1) is 0 Å². The van der Waals surface area contributed by atoms with Gasteiger partial charge in [0.15, 0.2) is 17.4 Å². The molecule has 2 rings (SSSR count). The number of carbonyl (C=O) groups excluding carboxylic acids is 2. The van der Waals surface area contributed by atoms with E-state index in [-0.39, 0.29) is 0 Å². The monoisotopic (exact) mass is 231 g/mol. The standard InChI is InChI=1S/C9H4F3NO3/c1-13-8(15)2-3(9(13)16)5(11)7(14)6(12)4(2)10/h14H,1H3. The number of hydrogen-bond acceptors (Lipinski definition) is 3. The van der Waals surface area contributed by atoms with E-state index in [0.29, 0.717) is 4.90 Å². The van der Waals surface area contributed by atoms with Crippen molar-refractivity contribution in [2.75, 3.05) is 7.05 Å². The maximum atomic E-state index is 13.3. The van der Waals surface area contributed by atoms with Crippen molar-refractivity contribution in [3.8, 4) is 5.75 Å². The van der Waals surface area contributed by atoms with Crippen LogP contribution in [0.3, 0.4) is 0 Å².